The lowest BCUT2D eigenvalue weighted by atomic mass is 10.0. The van der Waals surface area contributed by atoms with E-state index in [9.17, 15) is 18.0 Å². The molecule has 1 amide bonds. The Morgan fingerprint density at radius 3 is 2.40 bits per heavy atom. The van der Waals surface area contributed by atoms with Crippen LogP contribution in [0.3, 0.4) is 0 Å². The molecule has 20 heavy (non-hydrogen) atoms. The third kappa shape index (κ3) is 2.28. The number of nitrogens with zero attached hydrogens (tertiary/aromatic N) is 1. The van der Waals surface area contributed by atoms with E-state index >= 15 is 0 Å². The van der Waals surface area contributed by atoms with Crippen LogP contribution in [0.2, 0.25) is 0 Å². The molecule has 1 aliphatic carbocycles. The van der Waals surface area contributed by atoms with Crippen molar-refractivity contribution in [2.45, 2.75) is 31.1 Å². The number of amides is 1. The van der Waals surface area contributed by atoms with E-state index in [1.807, 2.05) is 12.1 Å². The summed E-state index contributed by atoms with van der Waals surface area (Å²) in [4.78, 5) is 13.4. The van der Waals surface area contributed by atoms with Crippen molar-refractivity contribution in [3.05, 3.63) is 35.4 Å². The maximum Gasteiger partial charge on any atom is 0.471 e. The predicted molar refractivity (Wildman–Crippen MR) is 66.9 cm³/mol. The van der Waals surface area contributed by atoms with Crippen molar-refractivity contribution in [3.63, 3.8) is 0 Å². The number of fused-ring (bicyclic) bond motifs is 1. The van der Waals surface area contributed by atoms with E-state index in [0.717, 1.165) is 30.6 Å². The molecule has 3 rings (SSSR count). The van der Waals surface area contributed by atoms with E-state index in [0.29, 0.717) is 6.42 Å². The van der Waals surface area contributed by atoms with Crippen LogP contribution in [0.5, 0.6) is 0 Å². The molecule has 0 aromatic heterocycles. The van der Waals surface area contributed by atoms with Crippen LogP contribution in [-0.2, 0) is 4.79 Å². The minimum atomic E-state index is -4.83. The molecule has 6 heteroatoms. The smallest absolute Gasteiger partial charge is 0.341 e. The second kappa shape index (κ2) is 4.77. The third-order valence-corrected chi connectivity index (χ3v) is 4.08. The van der Waals surface area contributed by atoms with E-state index in [1.165, 1.54) is 0 Å². The maximum atomic E-state index is 12.4. The molecule has 1 heterocycles. The van der Waals surface area contributed by atoms with Gasteiger partial charge in [0.1, 0.15) is 0 Å². The zero-order valence-corrected chi connectivity index (χ0v) is 10.8. The molecular weight excluding hydrogens is 269 g/mol. The summed E-state index contributed by atoms with van der Waals surface area (Å²) in [6.07, 6.45) is -3.19. The minimum absolute atomic E-state index is 0.124. The number of alkyl halides is 3. The molecule has 1 saturated heterocycles. The summed E-state index contributed by atoms with van der Waals surface area (Å²) in [5.74, 6) is -1.86. The standard InChI is InChI=1S/C14H15F3N2O/c15-14(16,17)13(20)18-11-8-12(19-6-3-7-19)10-5-2-1-4-9(10)11/h1-2,4-5,11-12H,3,6-8H2,(H,18,20)/t11?,12-/m0/s1. The highest BCUT2D eigenvalue weighted by Crippen LogP contribution is 2.43. The lowest BCUT2D eigenvalue weighted by molar-refractivity contribution is -0.174. The highest BCUT2D eigenvalue weighted by molar-refractivity contribution is 5.82. The molecule has 1 aromatic rings. The van der Waals surface area contributed by atoms with Gasteiger partial charge in [0.25, 0.3) is 0 Å². The Hall–Kier alpha value is -1.56. The molecule has 2 atom stereocenters. The lowest BCUT2D eigenvalue weighted by Gasteiger charge is -2.37. The van der Waals surface area contributed by atoms with Crippen molar-refractivity contribution < 1.29 is 18.0 Å². The monoisotopic (exact) mass is 284 g/mol. The number of carbonyl (C=O) groups is 1. The van der Waals surface area contributed by atoms with Gasteiger partial charge in [-0.1, -0.05) is 24.3 Å². The largest absolute Gasteiger partial charge is 0.471 e. The fraction of sp³-hybridized carbons (Fsp3) is 0.500. The van der Waals surface area contributed by atoms with Gasteiger partial charge in [0.05, 0.1) is 6.04 Å². The summed E-state index contributed by atoms with van der Waals surface area (Å²) in [5.41, 5.74) is 1.85. The zero-order chi connectivity index (χ0) is 14.3. The minimum Gasteiger partial charge on any atom is -0.341 e. The van der Waals surface area contributed by atoms with Gasteiger partial charge in [0, 0.05) is 6.04 Å². The van der Waals surface area contributed by atoms with Crippen molar-refractivity contribution in [2.24, 2.45) is 0 Å². The van der Waals surface area contributed by atoms with Gasteiger partial charge in [-0.25, -0.2) is 0 Å². The average Bonchev–Trinajstić information content (AvgIpc) is 2.66. The van der Waals surface area contributed by atoms with Crippen LogP contribution in [0, 0.1) is 0 Å². The summed E-state index contributed by atoms with van der Waals surface area (Å²) >= 11 is 0. The molecule has 0 bridgehead atoms. The van der Waals surface area contributed by atoms with Crippen LogP contribution in [0.1, 0.15) is 36.1 Å². The van der Waals surface area contributed by atoms with Crippen molar-refractivity contribution in [3.8, 4) is 0 Å². The first-order chi connectivity index (χ1) is 9.47. The average molecular weight is 284 g/mol. The molecule has 1 fully saturated rings. The second-order valence-corrected chi connectivity index (χ2v) is 5.29. The van der Waals surface area contributed by atoms with E-state index < -0.39 is 18.1 Å². The van der Waals surface area contributed by atoms with E-state index in [-0.39, 0.29) is 6.04 Å². The second-order valence-electron chi connectivity index (χ2n) is 5.29. The van der Waals surface area contributed by atoms with Gasteiger partial charge in [-0.05, 0) is 37.1 Å². The quantitative estimate of drug-likeness (QED) is 0.905. The fourth-order valence-electron chi connectivity index (χ4n) is 2.98. The zero-order valence-electron chi connectivity index (χ0n) is 10.8. The number of benzene rings is 1. The van der Waals surface area contributed by atoms with Crippen molar-refractivity contribution in [1.82, 2.24) is 10.2 Å². The molecule has 0 saturated carbocycles. The number of rotatable bonds is 2. The number of hydrogen-bond acceptors (Lipinski definition) is 2. The molecule has 1 N–H and O–H groups in total. The SMILES string of the molecule is O=C(NC1C[C@H](N2CCC2)c2ccccc21)C(F)(F)F. The molecule has 1 aromatic carbocycles. The van der Waals surface area contributed by atoms with Crippen LogP contribution in [-0.4, -0.2) is 30.1 Å². The van der Waals surface area contributed by atoms with E-state index in [4.69, 9.17) is 0 Å². The van der Waals surface area contributed by atoms with Crippen LogP contribution < -0.4 is 5.32 Å². The summed E-state index contributed by atoms with van der Waals surface area (Å²) < 4.78 is 37.2. The summed E-state index contributed by atoms with van der Waals surface area (Å²) in [5, 5.41) is 2.12. The Balaban J connectivity index is 1.82. The Morgan fingerprint density at radius 1 is 1.20 bits per heavy atom. The predicted octanol–water partition coefficient (Wildman–Crippen LogP) is 2.56. The Labute approximate surface area is 114 Å². The van der Waals surface area contributed by atoms with Crippen molar-refractivity contribution in [2.75, 3.05) is 13.1 Å². The summed E-state index contributed by atoms with van der Waals surface area (Å²) in [6.45, 7) is 1.94. The van der Waals surface area contributed by atoms with Gasteiger partial charge < -0.3 is 5.32 Å². The number of nitrogens with one attached hydrogen (secondary N) is 1. The summed E-state index contributed by atoms with van der Waals surface area (Å²) in [6, 6.07) is 7.00. The third-order valence-electron chi connectivity index (χ3n) is 4.08. The van der Waals surface area contributed by atoms with Crippen LogP contribution in [0.4, 0.5) is 13.2 Å². The maximum absolute atomic E-state index is 12.4. The Morgan fingerprint density at radius 2 is 1.85 bits per heavy atom. The highest BCUT2D eigenvalue weighted by atomic mass is 19.4. The molecule has 1 unspecified atom stereocenters. The molecule has 2 aliphatic rings. The van der Waals surface area contributed by atoms with Crippen molar-refractivity contribution >= 4 is 5.91 Å². The van der Waals surface area contributed by atoms with Gasteiger partial charge >= 0.3 is 12.1 Å². The molecule has 108 valence electrons. The highest BCUT2D eigenvalue weighted by Gasteiger charge is 2.43. The van der Waals surface area contributed by atoms with Gasteiger partial charge in [0.15, 0.2) is 0 Å². The lowest BCUT2D eigenvalue weighted by Crippen LogP contribution is -2.41. The first-order valence-corrected chi connectivity index (χ1v) is 6.67. The topological polar surface area (TPSA) is 32.3 Å². The number of hydrogen-bond donors (Lipinski definition) is 1. The van der Waals surface area contributed by atoms with E-state index in [1.54, 1.807) is 12.1 Å². The van der Waals surface area contributed by atoms with Crippen LogP contribution in [0.25, 0.3) is 0 Å². The first kappa shape index (κ1) is 13.4. The summed E-state index contributed by atoms with van der Waals surface area (Å²) in [7, 11) is 0. The molecule has 0 radical (unpaired) electrons. The Kier molecular flexibility index (Phi) is 3.20. The molecule has 3 nitrogen and oxygen atoms in total. The Bertz CT molecular complexity index is 525. The van der Waals surface area contributed by atoms with E-state index in [2.05, 4.69) is 10.2 Å². The molecule has 1 aliphatic heterocycles. The fourth-order valence-corrected chi connectivity index (χ4v) is 2.98. The van der Waals surface area contributed by atoms with Gasteiger partial charge in [0.2, 0.25) is 0 Å². The molecule has 0 spiro atoms. The van der Waals surface area contributed by atoms with Gasteiger partial charge in [-0.2, -0.15) is 13.2 Å². The number of carbonyl (C=O) groups excluding carboxylic acids is 1. The normalized spacial score (nSPS) is 25.9. The van der Waals surface area contributed by atoms with Gasteiger partial charge in [-0.15, -0.1) is 0 Å². The number of likely N-dealkylation sites (tertiary alicyclic amines) is 1. The number of halogens is 3. The van der Waals surface area contributed by atoms with Crippen LogP contribution in [0.15, 0.2) is 24.3 Å². The molecular formula is C14H15F3N2O. The van der Waals surface area contributed by atoms with Crippen LogP contribution >= 0.6 is 0 Å². The first-order valence-electron chi connectivity index (χ1n) is 6.67. The van der Waals surface area contributed by atoms with Crippen molar-refractivity contribution in [1.29, 1.82) is 0 Å². The van der Waals surface area contributed by atoms with Gasteiger partial charge in [-0.3, -0.25) is 9.69 Å².